The fourth-order valence-electron chi connectivity index (χ4n) is 2.44. The van der Waals surface area contributed by atoms with Crippen molar-refractivity contribution >= 4 is 22.4 Å². The molecular weight excluding hydrogens is 272 g/mol. The van der Waals surface area contributed by atoms with Gasteiger partial charge in [0.25, 0.3) is 0 Å². The number of hydrogen-bond donors (Lipinski definition) is 1. The fourth-order valence-corrected chi connectivity index (χ4v) is 3.31. The van der Waals surface area contributed by atoms with Gasteiger partial charge in [-0.2, -0.15) is 4.37 Å². The Bertz CT molecular complexity index is 572. The first-order valence-electron chi connectivity index (χ1n) is 6.81. The van der Waals surface area contributed by atoms with Crippen molar-refractivity contribution in [3.8, 4) is 11.1 Å². The molecule has 0 spiro atoms. The molecule has 0 amide bonds. The number of nitrogens with two attached hydrogens (primary N) is 1. The first kappa shape index (κ1) is 13.3. The molecule has 0 saturated carbocycles. The Labute approximate surface area is 122 Å². The first-order valence-corrected chi connectivity index (χ1v) is 7.59. The Morgan fingerprint density at radius 3 is 3.20 bits per heavy atom. The van der Waals surface area contributed by atoms with Crippen LogP contribution in [0.25, 0.3) is 11.1 Å². The molecule has 0 aromatic carbocycles. The summed E-state index contributed by atoms with van der Waals surface area (Å²) in [5.74, 6) is 0.581. The summed E-state index contributed by atoms with van der Waals surface area (Å²) >= 11 is 1.46. The summed E-state index contributed by atoms with van der Waals surface area (Å²) < 4.78 is 10.1. The van der Waals surface area contributed by atoms with E-state index in [1.165, 1.54) is 11.5 Å². The summed E-state index contributed by atoms with van der Waals surface area (Å²) in [6, 6.07) is 3.94. The van der Waals surface area contributed by atoms with Gasteiger partial charge < -0.3 is 15.4 Å². The summed E-state index contributed by atoms with van der Waals surface area (Å²) in [5.41, 5.74) is 8.08. The van der Waals surface area contributed by atoms with Crippen LogP contribution in [0, 0.1) is 0 Å². The van der Waals surface area contributed by atoms with Crippen LogP contribution in [0.15, 0.2) is 24.5 Å². The minimum absolute atomic E-state index is 0.286. The smallest absolute Gasteiger partial charge is 0.147 e. The van der Waals surface area contributed by atoms with Crippen LogP contribution < -0.4 is 10.6 Å². The van der Waals surface area contributed by atoms with E-state index in [-0.39, 0.29) is 6.10 Å². The predicted octanol–water partition coefficient (Wildman–Crippen LogP) is 2.40. The molecule has 3 rings (SSSR count). The molecule has 0 radical (unpaired) electrons. The zero-order valence-corrected chi connectivity index (χ0v) is 12.3. The molecule has 1 aliphatic heterocycles. The molecule has 6 heteroatoms. The number of ether oxygens (including phenoxy) is 1. The zero-order chi connectivity index (χ0) is 13.9. The van der Waals surface area contributed by atoms with Gasteiger partial charge in [-0.25, -0.2) is 0 Å². The second kappa shape index (κ2) is 5.76. The number of aromatic nitrogens is 2. The van der Waals surface area contributed by atoms with Gasteiger partial charge in [-0.15, -0.1) is 0 Å². The van der Waals surface area contributed by atoms with Crippen molar-refractivity contribution in [3.05, 3.63) is 24.5 Å². The lowest BCUT2D eigenvalue weighted by Gasteiger charge is -2.33. The van der Waals surface area contributed by atoms with E-state index in [0.29, 0.717) is 5.82 Å². The minimum atomic E-state index is 0.286. The lowest BCUT2D eigenvalue weighted by atomic mass is 10.1. The number of pyridine rings is 1. The monoisotopic (exact) mass is 290 g/mol. The van der Waals surface area contributed by atoms with Gasteiger partial charge in [-0.05, 0) is 24.0 Å². The largest absolute Gasteiger partial charge is 0.382 e. The highest BCUT2D eigenvalue weighted by Crippen LogP contribution is 2.39. The van der Waals surface area contributed by atoms with Gasteiger partial charge in [0, 0.05) is 31.0 Å². The summed E-state index contributed by atoms with van der Waals surface area (Å²) in [5, 5.41) is 1.12. The average molecular weight is 290 g/mol. The Balaban J connectivity index is 1.95. The highest BCUT2D eigenvalue weighted by Gasteiger charge is 2.25. The van der Waals surface area contributed by atoms with Crippen LogP contribution in [-0.2, 0) is 4.74 Å². The third-order valence-corrected chi connectivity index (χ3v) is 4.46. The molecule has 1 fully saturated rings. The lowest BCUT2D eigenvalue weighted by Crippen LogP contribution is -2.42. The third kappa shape index (κ3) is 2.48. The topological polar surface area (TPSA) is 64.3 Å². The third-order valence-electron chi connectivity index (χ3n) is 3.53. The van der Waals surface area contributed by atoms with Crippen molar-refractivity contribution in [1.82, 2.24) is 9.36 Å². The molecule has 20 heavy (non-hydrogen) atoms. The van der Waals surface area contributed by atoms with Crippen LogP contribution in [0.5, 0.6) is 0 Å². The van der Waals surface area contributed by atoms with E-state index in [0.717, 1.165) is 42.2 Å². The summed E-state index contributed by atoms with van der Waals surface area (Å²) in [6.45, 7) is 4.68. The van der Waals surface area contributed by atoms with E-state index in [2.05, 4.69) is 21.2 Å². The second-order valence-electron chi connectivity index (χ2n) is 4.84. The van der Waals surface area contributed by atoms with Gasteiger partial charge >= 0.3 is 0 Å². The predicted molar refractivity (Wildman–Crippen MR) is 82.0 cm³/mol. The molecule has 106 valence electrons. The van der Waals surface area contributed by atoms with Gasteiger partial charge in [-0.1, -0.05) is 13.0 Å². The Morgan fingerprint density at radius 2 is 2.45 bits per heavy atom. The molecule has 1 atom stereocenters. The number of nitrogens with zero attached hydrogens (tertiary/aromatic N) is 3. The van der Waals surface area contributed by atoms with Crippen molar-refractivity contribution in [2.24, 2.45) is 0 Å². The van der Waals surface area contributed by atoms with Crippen molar-refractivity contribution in [3.63, 3.8) is 0 Å². The molecule has 0 bridgehead atoms. The summed E-state index contributed by atoms with van der Waals surface area (Å²) in [4.78, 5) is 6.50. The van der Waals surface area contributed by atoms with Crippen molar-refractivity contribution in [2.45, 2.75) is 19.4 Å². The quantitative estimate of drug-likeness (QED) is 0.940. The Kier molecular flexibility index (Phi) is 3.84. The van der Waals surface area contributed by atoms with E-state index in [9.17, 15) is 0 Å². The molecule has 2 N–H and O–H groups in total. The van der Waals surface area contributed by atoms with Gasteiger partial charge in [0.05, 0.1) is 18.3 Å². The van der Waals surface area contributed by atoms with Gasteiger partial charge in [0.2, 0.25) is 0 Å². The molecular formula is C14H18N4OS. The van der Waals surface area contributed by atoms with Gasteiger partial charge in [-0.3, -0.25) is 4.98 Å². The SMILES string of the molecule is CCC1CN(c2snc(N)c2-c2cccnc2)CCO1. The summed E-state index contributed by atoms with van der Waals surface area (Å²) in [7, 11) is 0. The molecule has 0 aliphatic carbocycles. The number of rotatable bonds is 3. The number of morpholine rings is 1. The fraction of sp³-hybridized carbons (Fsp3) is 0.429. The van der Waals surface area contributed by atoms with E-state index in [1.807, 2.05) is 18.3 Å². The van der Waals surface area contributed by atoms with E-state index >= 15 is 0 Å². The van der Waals surface area contributed by atoms with Crippen LogP contribution in [-0.4, -0.2) is 35.2 Å². The van der Waals surface area contributed by atoms with E-state index < -0.39 is 0 Å². The molecule has 1 unspecified atom stereocenters. The van der Waals surface area contributed by atoms with Crippen LogP contribution in [0.4, 0.5) is 10.8 Å². The maximum atomic E-state index is 6.06. The summed E-state index contributed by atoms with van der Waals surface area (Å²) in [6.07, 6.45) is 4.91. The van der Waals surface area contributed by atoms with Crippen molar-refractivity contribution in [1.29, 1.82) is 0 Å². The molecule has 5 nitrogen and oxygen atoms in total. The molecule has 2 aromatic rings. The first-order chi connectivity index (χ1) is 9.79. The normalized spacial score (nSPS) is 19.2. The maximum Gasteiger partial charge on any atom is 0.147 e. The Morgan fingerprint density at radius 1 is 1.55 bits per heavy atom. The molecule has 2 aromatic heterocycles. The van der Waals surface area contributed by atoms with Crippen LogP contribution in [0.3, 0.4) is 0 Å². The molecule has 1 aliphatic rings. The van der Waals surface area contributed by atoms with Crippen molar-refractivity contribution < 1.29 is 4.74 Å². The second-order valence-corrected chi connectivity index (χ2v) is 5.59. The Hall–Kier alpha value is -1.66. The van der Waals surface area contributed by atoms with Crippen LogP contribution in [0.2, 0.25) is 0 Å². The molecule has 1 saturated heterocycles. The highest BCUT2D eigenvalue weighted by molar-refractivity contribution is 7.11. The zero-order valence-electron chi connectivity index (χ0n) is 11.5. The average Bonchev–Trinajstić information content (AvgIpc) is 2.90. The highest BCUT2D eigenvalue weighted by atomic mass is 32.1. The van der Waals surface area contributed by atoms with Gasteiger partial charge in [0.15, 0.2) is 0 Å². The van der Waals surface area contributed by atoms with E-state index in [1.54, 1.807) is 6.20 Å². The minimum Gasteiger partial charge on any atom is -0.382 e. The number of nitrogen functional groups attached to an aromatic ring is 1. The van der Waals surface area contributed by atoms with Crippen molar-refractivity contribution in [2.75, 3.05) is 30.3 Å². The van der Waals surface area contributed by atoms with E-state index in [4.69, 9.17) is 10.5 Å². The van der Waals surface area contributed by atoms with Crippen LogP contribution >= 0.6 is 11.5 Å². The lowest BCUT2D eigenvalue weighted by molar-refractivity contribution is 0.0387. The number of hydrogen-bond acceptors (Lipinski definition) is 6. The maximum absolute atomic E-state index is 6.06. The number of anilines is 2. The van der Waals surface area contributed by atoms with Crippen LogP contribution in [0.1, 0.15) is 13.3 Å². The van der Waals surface area contributed by atoms with Gasteiger partial charge in [0.1, 0.15) is 10.8 Å². The molecule has 3 heterocycles. The standard InChI is InChI=1S/C14H18N4OS/c1-2-11-9-18(6-7-19-11)14-12(13(15)17-20-14)10-4-3-5-16-8-10/h3-5,8,11H,2,6-7,9H2,1H3,(H2,15,17).